The summed E-state index contributed by atoms with van der Waals surface area (Å²) in [5, 5.41) is 2.89. The third-order valence-electron chi connectivity index (χ3n) is 3.69. The molecule has 1 aromatic heterocycles. The number of carbonyl (C=O) groups excluding carboxylic acids is 1. The molecule has 2 aromatic carbocycles. The Kier molecular flexibility index (Phi) is 3.22. The quantitative estimate of drug-likeness (QED) is 0.738. The van der Waals surface area contributed by atoms with Gasteiger partial charge in [-0.2, -0.15) is 0 Å². The number of anilines is 1. The van der Waals surface area contributed by atoms with Gasteiger partial charge in [0.15, 0.2) is 11.5 Å². The van der Waals surface area contributed by atoms with E-state index in [9.17, 15) is 4.79 Å². The number of nitrogens with zero attached hydrogens (tertiary/aromatic N) is 1. The number of fused-ring (bicyclic) bond motifs is 1. The molecule has 22 heavy (non-hydrogen) atoms. The number of benzene rings is 2. The van der Waals surface area contributed by atoms with Crippen molar-refractivity contribution in [2.24, 2.45) is 0 Å². The lowest BCUT2D eigenvalue weighted by Gasteiger charge is -2.05. The maximum Gasteiger partial charge on any atom is 0.255 e. The van der Waals surface area contributed by atoms with Crippen molar-refractivity contribution in [2.45, 2.75) is 18.8 Å². The van der Waals surface area contributed by atoms with Crippen LogP contribution in [0.2, 0.25) is 0 Å². The largest absolute Gasteiger partial charge is 0.440 e. The number of hydrogen-bond acceptors (Lipinski definition) is 3. The van der Waals surface area contributed by atoms with Crippen LogP contribution in [0.15, 0.2) is 51.4 Å². The smallest absolute Gasteiger partial charge is 0.255 e. The molecule has 5 heteroatoms. The molecule has 4 rings (SSSR count). The molecule has 3 aromatic rings. The molecule has 1 N–H and O–H groups in total. The number of nitrogens with one attached hydrogen (secondary N) is 1. The zero-order valence-corrected chi connectivity index (χ0v) is 13.3. The first kappa shape index (κ1) is 13.5. The summed E-state index contributed by atoms with van der Waals surface area (Å²) in [5.41, 5.74) is 2.89. The molecule has 1 saturated carbocycles. The Morgan fingerprint density at radius 2 is 1.95 bits per heavy atom. The third-order valence-corrected chi connectivity index (χ3v) is 4.22. The average molecular weight is 357 g/mol. The molecule has 1 aliphatic rings. The highest BCUT2D eigenvalue weighted by atomic mass is 79.9. The fourth-order valence-electron chi connectivity index (χ4n) is 2.33. The van der Waals surface area contributed by atoms with E-state index in [4.69, 9.17) is 4.42 Å². The van der Waals surface area contributed by atoms with Gasteiger partial charge in [-0.05, 0) is 55.3 Å². The van der Waals surface area contributed by atoms with Gasteiger partial charge >= 0.3 is 0 Å². The van der Waals surface area contributed by atoms with Crippen LogP contribution in [0.3, 0.4) is 0 Å². The summed E-state index contributed by atoms with van der Waals surface area (Å²) in [6, 6.07) is 12.8. The van der Waals surface area contributed by atoms with Gasteiger partial charge in [0.1, 0.15) is 5.52 Å². The maximum atomic E-state index is 12.2. The van der Waals surface area contributed by atoms with E-state index in [0.717, 1.165) is 40.0 Å². The Labute approximate surface area is 135 Å². The van der Waals surface area contributed by atoms with Crippen molar-refractivity contribution in [2.75, 3.05) is 5.32 Å². The Hall–Kier alpha value is -2.14. The summed E-state index contributed by atoms with van der Waals surface area (Å²) in [5.74, 6) is 1.15. The Morgan fingerprint density at radius 3 is 2.68 bits per heavy atom. The monoisotopic (exact) mass is 356 g/mol. The molecule has 0 unspecified atom stereocenters. The molecule has 1 heterocycles. The second-order valence-electron chi connectivity index (χ2n) is 5.47. The van der Waals surface area contributed by atoms with Crippen LogP contribution in [0, 0.1) is 0 Å². The first-order valence-corrected chi connectivity index (χ1v) is 7.96. The molecule has 1 aliphatic carbocycles. The topological polar surface area (TPSA) is 55.1 Å². The lowest BCUT2D eigenvalue weighted by molar-refractivity contribution is 0.102. The number of hydrogen-bond donors (Lipinski definition) is 1. The summed E-state index contributed by atoms with van der Waals surface area (Å²) < 4.78 is 6.67. The first-order valence-electron chi connectivity index (χ1n) is 7.16. The van der Waals surface area contributed by atoms with Crippen LogP contribution in [0.25, 0.3) is 11.1 Å². The van der Waals surface area contributed by atoms with Crippen molar-refractivity contribution in [1.82, 2.24) is 4.98 Å². The van der Waals surface area contributed by atoms with Crippen LogP contribution in [0.1, 0.15) is 35.0 Å². The summed E-state index contributed by atoms with van der Waals surface area (Å²) in [6.45, 7) is 0. The summed E-state index contributed by atoms with van der Waals surface area (Å²) >= 11 is 3.36. The Morgan fingerprint density at radius 1 is 1.18 bits per heavy atom. The highest BCUT2D eigenvalue weighted by Gasteiger charge is 2.28. The molecule has 4 nitrogen and oxygen atoms in total. The zero-order chi connectivity index (χ0) is 15.1. The Bertz CT molecular complexity index is 851. The predicted octanol–water partition coefficient (Wildman–Crippen LogP) is 4.72. The van der Waals surface area contributed by atoms with E-state index >= 15 is 0 Å². The van der Waals surface area contributed by atoms with Gasteiger partial charge in [-0.15, -0.1) is 0 Å². The third kappa shape index (κ3) is 2.64. The molecule has 110 valence electrons. The van der Waals surface area contributed by atoms with Gasteiger partial charge in [0.05, 0.1) is 0 Å². The van der Waals surface area contributed by atoms with Gasteiger partial charge in [-0.1, -0.05) is 15.9 Å². The highest BCUT2D eigenvalue weighted by molar-refractivity contribution is 9.10. The van der Waals surface area contributed by atoms with Gasteiger partial charge in [-0.3, -0.25) is 4.79 Å². The van der Waals surface area contributed by atoms with Crippen LogP contribution in [0.4, 0.5) is 5.69 Å². The van der Waals surface area contributed by atoms with Crippen LogP contribution < -0.4 is 5.32 Å². The number of rotatable bonds is 3. The second-order valence-corrected chi connectivity index (χ2v) is 6.39. The molecule has 1 fully saturated rings. The van der Waals surface area contributed by atoms with Gasteiger partial charge in [0, 0.05) is 21.6 Å². The van der Waals surface area contributed by atoms with E-state index in [0.29, 0.717) is 11.5 Å². The van der Waals surface area contributed by atoms with Gasteiger partial charge in [0.2, 0.25) is 0 Å². The van der Waals surface area contributed by atoms with E-state index in [2.05, 4.69) is 26.2 Å². The molecular weight excluding hydrogens is 344 g/mol. The van der Waals surface area contributed by atoms with Gasteiger partial charge in [-0.25, -0.2) is 4.98 Å². The number of oxazole rings is 1. The normalized spacial score (nSPS) is 14.2. The number of carbonyl (C=O) groups is 1. The predicted molar refractivity (Wildman–Crippen MR) is 88.1 cm³/mol. The minimum absolute atomic E-state index is 0.141. The van der Waals surface area contributed by atoms with E-state index in [1.165, 1.54) is 0 Å². The number of amides is 1. The second kappa shape index (κ2) is 5.25. The van der Waals surface area contributed by atoms with E-state index < -0.39 is 0 Å². The summed E-state index contributed by atoms with van der Waals surface area (Å²) in [7, 11) is 0. The zero-order valence-electron chi connectivity index (χ0n) is 11.7. The molecular formula is C17H13BrN2O2. The van der Waals surface area contributed by atoms with Crippen LogP contribution in [0.5, 0.6) is 0 Å². The molecule has 0 saturated heterocycles. The number of halogens is 1. The Balaban J connectivity index is 1.58. The van der Waals surface area contributed by atoms with Crippen molar-refractivity contribution in [1.29, 1.82) is 0 Å². The fourth-order valence-corrected chi connectivity index (χ4v) is 2.60. The van der Waals surface area contributed by atoms with Crippen LogP contribution >= 0.6 is 15.9 Å². The SMILES string of the molecule is O=C(Nc1ccc2oc(C3CC3)nc2c1)c1ccc(Br)cc1. The van der Waals surface area contributed by atoms with E-state index in [1.54, 1.807) is 12.1 Å². The lowest BCUT2D eigenvalue weighted by atomic mass is 10.2. The molecule has 1 amide bonds. The van der Waals surface area contributed by atoms with Crippen molar-refractivity contribution >= 4 is 38.6 Å². The van der Waals surface area contributed by atoms with Crippen molar-refractivity contribution < 1.29 is 9.21 Å². The summed E-state index contributed by atoms with van der Waals surface area (Å²) in [4.78, 5) is 16.7. The minimum atomic E-state index is -0.141. The summed E-state index contributed by atoms with van der Waals surface area (Å²) in [6.07, 6.45) is 2.31. The first-order chi connectivity index (χ1) is 10.7. The molecule has 0 bridgehead atoms. The van der Waals surface area contributed by atoms with Crippen molar-refractivity contribution in [3.8, 4) is 0 Å². The van der Waals surface area contributed by atoms with Crippen molar-refractivity contribution in [3.05, 3.63) is 58.4 Å². The highest BCUT2D eigenvalue weighted by Crippen LogP contribution is 2.40. The minimum Gasteiger partial charge on any atom is -0.440 e. The van der Waals surface area contributed by atoms with E-state index in [-0.39, 0.29) is 5.91 Å². The van der Waals surface area contributed by atoms with Gasteiger partial charge in [0.25, 0.3) is 5.91 Å². The van der Waals surface area contributed by atoms with Crippen molar-refractivity contribution in [3.63, 3.8) is 0 Å². The van der Waals surface area contributed by atoms with E-state index in [1.807, 2.05) is 30.3 Å². The van der Waals surface area contributed by atoms with Crippen LogP contribution in [-0.4, -0.2) is 10.9 Å². The number of aromatic nitrogens is 1. The molecule has 0 aliphatic heterocycles. The standard InChI is InChI=1S/C17H13BrN2O2/c18-12-5-3-10(4-6-12)16(21)19-13-7-8-15-14(9-13)20-17(22-15)11-1-2-11/h3-9,11H,1-2H2,(H,19,21). The molecule has 0 radical (unpaired) electrons. The maximum absolute atomic E-state index is 12.2. The molecule has 0 spiro atoms. The molecule has 0 atom stereocenters. The van der Waals surface area contributed by atoms with Gasteiger partial charge < -0.3 is 9.73 Å². The fraction of sp³-hybridized carbons (Fsp3) is 0.176. The average Bonchev–Trinajstić information content (AvgIpc) is 3.28. The lowest BCUT2D eigenvalue weighted by Crippen LogP contribution is -2.11. The van der Waals surface area contributed by atoms with Crippen LogP contribution in [-0.2, 0) is 0 Å².